The molecule has 1 nitrogen and oxygen atoms in total. The summed E-state index contributed by atoms with van der Waals surface area (Å²) in [6, 6.07) is 0. The van der Waals surface area contributed by atoms with Gasteiger partial charge in [-0.25, -0.2) is 0 Å². The Bertz CT molecular complexity index is 252. The number of nitrogens with zero attached hydrogens (tertiary/aromatic N) is 1. The van der Waals surface area contributed by atoms with E-state index in [-0.39, 0.29) is 0 Å². The van der Waals surface area contributed by atoms with Crippen molar-refractivity contribution in [3.63, 3.8) is 0 Å². The minimum absolute atomic E-state index is 0.793. The zero-order valence-corrected chi connectivity index (χ0v) is 6.83. The molecule has 3 aliphatic rings. The molecule has 0 spiro atoms. The molecule has 11 heavy (non-hydrogen) atoms. The van der Waals surface area contributed by atoms with Gasteiger partial charge in [-0.2, -0.15) is 0 Å². The van der Waals surface area contributed by atoms with E-state index in [1.54, 1.807) is 5.57 Å². The lowest BCUT2D eigenvalue weighted by Crippen LogP contribution is -2.14. The Morgan fingerprint density at radius 3 is 3.36 bits per heavy atom. The Morgan fingerprint density at radius 2 is 2.45 bits per heavy atom. The fourth-order valence-corrected chi connectivity index (χ4v) is 2.90. The van der Waals surface area contributed by atoms with Crippen LogP contribution in [0.3, 0.4) is 0 Å². The number of hydrogen-bond donors (Lipinski definition) is 0. The zero-order valence-electron chi connectivity index (χ0n) is 6.83. The maximum absolute atomic E-state index is 4.29. The maximum atomic E-state index is 4.29. The van der Waals surface area contributed by atoms with Gasteiger partial charge in [0.05, 0.1) is 0 Å². The fourth-order valence-electron chi connectivity index (χ4n) is 2.90. The van der Waals surface area contributed by atoms with E-state index < -0.39 is 0 Å². The molecule has 0 aromatic carbocycles. The van der Waals surface area contributed by atoms with Crippen molar-refractivity contribution in [2.45, 2.75) is 19.8 Å². The van der Waals surface area contributed by atoms with Crippen LogP contribution >= 0.6 is 0 Å². The Hall–Kier alpha value is -0.590. The van der Waals surface area contributed by atoms with Gasteiger partial charge in [-0.1, -0.05) is 6.92 Å². The second-order valence-corrected chi connectivity index (χ2v) is 4.25. The topological polar surface area (TPSA) is 12.4 Å². The van der Waals surface area contributed by atoms with E-state index in [1.807, 2.05) is 0 Å². The van der Waals surface area contributed by atoms with Gasteiger partial charge in [0.25, 0.3) is 0 Å². The minimum atomic E-state index is 0.793. The summed E-state index contributed by atoms with van der Waals surface area (Å²) in [6.07, 6.45) is 6.98. The predicted molar refractivity (Wildman–Crippen MR) is 45.4 cm³/mol. The molecule has 2 aliphatic carbocycles. The van der Waals surface area contributed by atoms with E-state index in [4.69, 9.17) is 0 Å². The van der Waals surface area contributed by atoms with E-state index in [1.165, 1.54) is 12.8 Å². The predicted octanol–water partition coefficient (Wildman–Crippen LogP) is 2.25. The molecule has 1 heterocycles. The highest BCUT2D eigenvalue weighted by atomic mass is 14.7. The molecule has 1 heteroatoms. The molecule has 0 aromatic rings. The van der Waals surface area contributed by atoms with Gasteiger partial charge in [0.15, 0.2) is 0 Å². The van der Waals surface area contributed by atoms with Crippen LogP contribution < -0.4 is 0 Å². The summed E-state index contributed by atoms with van der Waals surface area (Å²) >= 11 is 0. The van der Waals surface area contributed by atoms with E-state index in [0.717, 1.165) is 23.7 Å². The van der Waals surface area contributed by atoms with Gasteiger partial charge in [0.2, 0.25) is 0 Å². The minimum Gasteiger partial charge on any atom is -0.269 e. The molecule has 2 bridgehead atoms. The molecule has 3 rings (SSSR count). The standard InChI is InChI=1S/C10H13N/c1-6-9-3-7-2-8(10(6)9)5-11-4-7/h4-7,9-10H,2-3H2,1H3. The molecule has 0 amide bonds. The lowest BCUT2D eigenvalue weighted by molar-refractivity contribution is 0.492. The van der Waals surface area contributed by atoms with Crippen molar-refractivity contribution in [1.29, 1.82) is 0 Å². The Morgan fingerprint density at radius 1 is 1.55 bits per heavy atom. The number of fused-ring (bicyclic) bond motifs is 4. The molecule has 1 aliphatic heterocycles. The van der Waals surface area contributed by atoms with Crippen LogP contribution in [0.2, 0.25) is 0 Å². The van der Waals surface area contributed by atoms with Crippen LogP contribution in [-0.2, 0) is 0 Å². The monoisotopic (exact) mass is 147 g/mol. The molecular weight excluding hydrogens is 134 g/mol. The van der Waals surface area contributed by atoms with E-state index in [9.17, 15) is 0 Å². The van der Waals surface area contributed by atoms with E-state index in [0.29, 0.717) is 0 Å². The largest absolute Gasteiger partial charge is 0.269 e. The van der Waals surface area contributed by atoms with Crippen LogP contribution in [0.4, 0.5) is 0 Å². The summed E-state index contributed by atoms with van der Waals surface area (Å²) in [5.41, 5.74) is 1.64. The second-order valence-electron chi connectivity index (χ2n) is 4.25. The number of hydrogen-bond acceptors (Lipinski definition) is 1. The summed E-state index contributed by atoms with van der Waals surface area (Å²) < 4.78 is 0. The average molecular weight is 147 g/mol. The van der Waals surface area contributed by atoms with Crippen molar-refractivity contribution in [1.82, 2.24) is 0 Å². The molecule has 58 valence electrons. The maximum Gasteiger partial charge on any atom is 0.0259 e. The van der Waals surface area contributed by atoms with Crippen molar-refractivity contribution < 1.29 is 0 Å². The van der Waals surface area contributed by atoms with Gasteiger partial charge in [-0.15, -0.1) is 0 Å². The fraction of sp³-hybridized carbons (Fsp3) is 0.700. The highest BCUT2D eigenvalue weighted by Gasteiger charge is 2.52. The summed E-state index contributed by atoms with van der Waals surface area (Å²) in [5.74, 6) is 3.71. The van der Waals surface area contributed by atoms with E-state index >= 15 is 0 Å². The molecule has 0 radical (unpaired) electrons. The van der Waals surface area contributed by atoms with Crippen molar-refractivity contribution in [2.24, 2.45) is 28.7 Å². The first-order valence-electron chi connectivity index (χ1n) is 4.58. The Labute approximate surface area is 67.2 Å². The zero-order chi connectivity index (χ0) is 7.42. The van der Waals surface area contributed by atoms with Crippen molar-refractivity contribution in [3.05, 3.63) is 11.8 Å². The summed E-state index contributed by atoms with van der Waals surface area (Å²) in [6.45, 7) is 2.39. The second kappa shape index (κ2) is 1.77. The number of aliphatic imine (C=N–C) groups is 1. The molecule has 0 saturated heterocycles. The average Bonchev–Trinajstić information content (AvgIpc) is 2.62. The van der Waals surface area contributed by atoms with Gasteiger partial charge in [-0.05, 0) is 42.1 Å². The molecule has 4 atom stereocenters. The van der Waals surface area contributed by atoms with Crippen LogP contribution in [0.15, 0.2) is 16.8 Å². The van der Waals surface area contributed by atoms with E-state index in [2.05, 4.69) is 24.3 Å². The van der Waals surface area contributed by atoms with Crippen molar-refractivity contribution in [3.8, 4) is 0 Å². The number of allylic oxidation sites excluding steroid dienone is 1. The van der Waals surface area contributed by atoms with Crippen LogP contribution in [0, 0.1) is 23.7 Å². The smallest absolute Gasteiger partial charge is 0.0259 e. The summed E-state index contributed by atoms with van der Waals surface area (Å²) in [7, 11) is 0. The van der Waals surface area contributed by atoms with Gasteiger partial charge in [0.1, 0.15) is 0 Å². The highest BCUT2D eigenvalue weighted by molar-refractivity contribution is 5.65. The third-order valence-electron chi connectivity index (χ3n) is 3.60. The normalized spacial score (nSPS) is 51.5. The Balaban J connectivity index is 1.98. The van der Waals surface area contributed by atoms with Gasteiger partial charge in [0, 0.05) is 12.4 Å². The highest BCUT2D eigenvalue weighted by Crippen LogP contribution is 2.59. The first kappa shape index (κ1) is 5.99. The molecular formula is C10H13N. The molecule has 0 N–H and O–H groups in total. The van der Waals surface area contributed by atoms with Crippen LogP contribution in [0.1, 0.15) is 19.8 Å². The molecule has 2 saturated carbocycles. The van der Waals surface area contributed by atoms with Gasteiger partial charge in [-0.3, -0.25) is 4.99 Å². The third kappa shape index (κ3) is 0.688. The molecule has 4 unspecified atom stereocenters. The van der Waals surface area contributed by atoms with Crippen LogP contribution in [0.25, 0.3) is 0 Å². The van der Waals surface area contributed by atoms with Crippen molar-refractivity contribution in [2.75, 3.05) is 0 Å². The van der Waals surface area contributed by atoms with Crippen LogP contribution in [0.5, 0.6) is 0 Å². The quantitative estimate of drug-likeness (QED) is 0.498. The van der Waals surface area contributed by atoms with Crippen molar-refractivity contribution >= 4 is 6.21 Å². The molecule has 2 fully saturated rings. The van der Waals surface area contributed by atoms with Gasteiger partial charge < -0.3 is 0 Å². The lowest BCUT2D eigenvalue weighted by Gasteiger charge is -2.22. The molecule has 0 aromatic heterocycles. The third-order valence-corrected chi connectivity index (χ3v) is 3.60. The van der Waals surface area contributed by atoms with Gasteiger partial charge >= 0.3 is 0 Å². The lowest BCUT2D eigenvalue weighted by atomic mass is 9.85. The summed E-state index contributed by atoms with van der Waals surface area (Å²) in [5, 5.41) is 0. The Kier molecular flexibility index (Phi) is 0.961. The SMILES string of the molecule is CC1C2CC3C=NC=C(C3)C12. The van der Waals surface area contributed by atoms with Crippen LogP contribution in [-0.4, -0.2) is 6.21 Å². The first-order valence-corrected chi connectivity index (χ1v) is 4.58. The first-order chi connectivity index (χ1) is 5.36. The summed E-state index contributed by atoms with van der Waals surface area (Å²) in [4.78, 5) is 4.29. The number of rotatable bonds is 0.